The maximum absolute atomic E-state index is 12.7. The molecule has 1 saturated carbocycles. The number of carbonyl (C=O) groups excluding carboxylic acids is 1. The fraction of sp³-hybridized carbons (Fsp3) is 0.474. The van der Waals surface area contributed by atoms with Crippen molar-refractivity contribution in [3.63, 3.8) is 0 Å². The smallest absolute Gasteiger partial charge is 0.290 e. The molecule has 1 amide bonds. The summed E-state index contributed by atoms with van der Waals surface area (Å²) in [5, 5.41) is 8.86. The molecule has 0 radical (unpaired) electrons. The molecule has 7 nitrogen and oxygen atoms in total. The number of rotatable bonds is 3. The van der Waals surface area contributed by atoms with Gasteiger partial charge in [-0.05, 0) is 44.0 Å². The quantitative estimate of drug-likeness (QED) is 0.552. The first-order valence-electron chi connectivity index (χ1n) is 9.38. The van der Waals surface area contributed by atoms with Crippen molar-refractivity contribution in [3.8, 4) is 0 Å². The third-order valence-electron chi connectivity index (χ3n) is 5.10. The Morgan fingerprint density at radius 1 is 1.22 bits per heavy atom. The largest absolute Gasteiger partial charge is 0.358 e. The van der Waals surface area contributed by atoms with Gasteiger partial charge in [0.2, 0.25) is 0 Å². The zero-order chi connectivity index (χ0) is 19.4. The molecule has 3 rings (SSSR count). The standard InChI is InChI=1S/C19H25N5O2S/c1-3-24-18(26)14-10-6-5-9-13(14)16(23-24)17(25)21-22-19(27)20-15-11-7-4-8-12(15)2/h5-6,9-10,12,15H,3-4,7-8,11H2,1-2H3,(H,21,25)(H2,20,22,27)/t12-,15-/m1/s1. The van der Waals surface area contributed by atoms with Crippen LogP contribution in [0.15, 0.2) is 29.1 Å². The van der Waals surface area contributed by atoms with E-state index in [4.69, 9.17) is 12.2 Å². The Morgan fingerprint density at radius 3 is 2.63 bits per heavy atom. The van der Waals surface area contributed by atoms with Gasteiger partial charge < -0.3 is 5.32 Å². The van der Waals surface area contributed by atoms with E-state index in [1.54, 1.807) is 24.3 Å². The summed E-state index contributed by atoms with van der Waals surface area (Å²) in [4.78, 5) is 25.0. The van der Waals surface area contributed by atoms with Crippen LogP contribution in [0.2, 0.25) is 0 Å². The van der Waals surface area contributed by atoms with Gasteiger partial charge >= 0.3 is 0 Å². The topological polar surface area (TPSA) is 88.1 Å². The summed E-state index contributed by atoms with van der Waals surface area (Å²) in [6.45, 7) is 4.41. The summed E-state index contributed by atoms with van der Waals surface area (Å²) in [5.74, 6) is 0.113. The normalized spacial score (nSPS) is 19.5. The molecular weight excluding hydrogens is 362 g/mol. The number of aryl methyl sites for hydroxylation is 1. The number of nitrogens with one attached hydrogen (secondary N) is 3. The van der Waals surface area contributed by atoms with E-state index in [9.17, 15) is 9.59 Å². The Labute approximate surface area is 163 Å². The van der Waals surface area contributed by atoms with Crippen molar-refractivity contribution in [2.24, 2.45) is 5.92 Å². The van der Waals surface area contributed by atoms with Crippen LogP contribution in [0.5, 0.6) is 0 Å². The number of amides is 1. The Morgan fingerprint density at radius 2 is 1.93 bits per heavy atom. The van der Waals surface area contributed by atoms with Crippen molar-refractivity contribution < 1.29 is 4.79 Å². The fourth-order valence-electron chi connectivity index (χ4n) is 3.53. The summed E-state index contributed by atoms with van der Waals surface area (Å²) < 4.78 is 1.29. The highest BCUT2D eigenvalue weighted by atomic mass is 32.1. The molecule has 27 heavy (non-hydrogen) atoms. The van der Waals surface area contributed by atoms with Crippen LogP contribution in [0.25, 0.3) is 10.8 Å². The van der Waals surface area contributed by atoms with Crippen molar-refractivity contribution in [2.45, 2.75) is 52.1 Å². The Balaban J connectivity index is 1.72. The number of nitrogens with zero attached hydrogens (tertiary/aromatic N) is 2. The van der Waals surface area contributed by atoms with Gasteiger partial charge in [0, 0.05) is 18.0 Å². The van der Waals surface area contributed by atoms with Crippen molar-refractivity contribution in [3.05, 3.63) is 40.3 Å². The number of fused-ring (bicyclic) bond motifs is 1. The van der Waals surface area contributed by atoms with Gasteiger partial charge in [-0.3, -0.25) is 20.4 Å². The molecule has 1 aliphatic carbocycles. The van der Waals surface area contributed by atoms with E-state index in [0.29, 0.717) is 34.4 Å². The second kappa shape index (κ2) is 8.47. The molecule has 144 valence electrons. The van der Waals surface area contributed by atoms with Crippen LogP contribution in [0.1, 0.15) is 50.0 Å². The molecule has 1 aromatic heterocycles. The maximum Gasteiger partial charge on any atom is 0.290 e. The third kappa shape index (κ3) is 4.27. The van der Waals surface area contributed by atoms with Crippen molar-refractivity contribution in [1.82, 2.24) is 25.9 Å². The number of aromatic nitrogens is 2. The van der Waals surface area contributed by atoms with E-state index in [0.717, 1.165) is 6.42 Å². The zero-order valence-corrected chi connectivity index (χ0v) is 16.4. The molecule has 2 atom stereocenters. The molecule has 3 N–H and O–H groups in total. The first-order valence-corrected chi connectivity index (χ1v) is 9.78. The highest BCUT2D eigenvalue weighted by Gasteiger charge is 2.22. The van der Waals surface area contributed by atoms with Gasteiger partial charge in [0.15, 0.2) is 10.8 Å². The van der Waals surface area contributed by atoms with Crippen LogP contribution in [-0.2, 0) is 6.54 Å². The summed E-state index contributed by atoms with van der Waals surface area (Å²) >= 11 is 5.31. The number of hydrogen-bond donors (Lipinski definition) is 3. The number of thiocarbonyl (C=S) groups is 1. The van der Waals surface area contributed by atoms with Crippen LogP contribution in [0.4, 0.5) is 0 Å². The minimum Gasteiger partial charge on any atom is -0.358 e. The van der Waals surface area contributed by atoms with Crippen LogP contribution in [0, 0.1) is 5.92 Å². The summed E-state index contributed by atoms with van der Waals surface area (Å²) in [6, 6.07) is 7.29. The lowest BCUT2D eigenvalue weighted by atomic mass is 9.86. The molecule has 0 unspecified atom stereocenters. The Hall–Kier alpha value is -2.48. The minimum atomic E-state index is -0.436. The summed E-state index contributed by atoms with van der Waals surface area (Å²) in [7, 11) is 0. The van der Waals surface area contributed by atoms with Crippen LogP contribution < -0.4 is 21.7 Å². The highest BCUT2D eigenvalue weighted by Crippen LogP contribution is 2.23. The molecule has 2 aromatic rings. The van der Waals surface area contributed by atoms with Crippen LogP contribution in [0.3, 0.4) is 0 Å². The summed E-state index contributed by atoms with van der Waals surface area (Å²) in [5.41, 5.74) is 5.34. The molecular formula is C19H25N5O2S. The molecule has 1 heterocycles. The van der Waals surface area contributed by atoms with E-state index in [1.807, 2.05) is 6.92 Å². The number of hydrazine groups is 1. The van der Waals surface area contributed by atoms with E-state index in [-0.39, 0.29) is 11.3 Å². The van der Waals surface area contributed by atoms with E-state index < -0.39 is 5.91 Å². The van der Waals surface area contributed by atoms with Gasteiger partial charge in [-0.2, -0.15) is 5.10 Å². The predicted octanol–water partition coefficient (Wildman–Crippen LogP) is 2.10. The summed E-state index contributed by atoms with van der Waals surface area (Å²) in [6.07, 6.45) is 4.69. The third-order valence-corrected chi connectivity index (χ3v) is 5.32. The molecule has 0 aliphatic heterocycles. The number of hydrogen-bond acceptors (Lipinski definition) is 4. The van der Waals surface area contributed by atoms with Gasteiger partial charge in [0.05, 0.1) is 5.39 Å². The van der Waals surface area contributed by atoms with E-state index in [1.165, 1.54) is 23.9 Å². The number of benzene rings is 1. The predicted molar refractivity (Wildman–Crippen MR) is 109 cm³/mol. The van der Waals surface area contributed by atoms with E-state index >= 15 is 0 Å². The zero-order valence-electron chi connectivity index (χ0n) is 15.6. The van der Waals surface area contributed by atoms with Crippen LogP contribution in [-0.4, -0.2) is 26.8 Å². The lowest BCUT2D eigenvalue weighted by Crippen LogP contribution is -2.51. The number of carbonyl (C=O) groups is 1. The molecule has 0 spiro atoms. The lowest BCUT2D eigenvalue weighted by Gasteiger charge is -2.30. The van der Waals surface area contributed by atoms with Crippen LogP contribution >= 0.6 is 12.2 Å². The first kappa shape index (κ1) is 19.3. The first-order chi connectivity index (χ1) is 13.0. The van der Waals surface area contributed by atoms with Gasteiger partial charge in [-0.25, -0.2) is 4.68 Å². The molecule has 1 aliphatic rings. The van der Waals surface area contributed by atoms with Gasteiger partial charge in [0.25, 0.3) is 11.5 Å². The lowest BCUT2D eigenvalue weighted by molar-refractivity contribution is 0.0938. The molecule has 0 bridgehead atoms. The molecule has 1 fully saturated rings. The second-order valence-corrected chi connectivity index (χ2v) is 7.34. The van der Waals surface area contributed by atoms with Crippen molar-refractivity contribution in [1.29, 1.82) is 0 Å². The fourth-order valence-corrected chi connectivity index (χ4v) is 3.73. The van der Waals surface area contributed by atoms with E-state index in [2.05, 4.69) is 28.2 Å². The highest BCUT2D eigenvalue weighted by molar-refractivity contribution is 7.80. The Bertz CT molecular complexity index is 911. The maximum atomic E-state index is 12.7. The van der Waals surface area contributed by atoms with Gasteiger partial charge in [0.1, 0.15) is 0 Å². The van der Waals surface area contributed by atoms with Crippen molar-refractivity contribution in [2.75, 3.05) is 0 Å². The van der Waals surface area contributed by atoms with Gasteiger partial charge in [-0.15, -0.1) is 0 Å². The molecule has 8 heteroatoms. The Kier molecular flexibility index (Phi) is 6.05. The van der Waals surface area contributed by atoms with Crippen molar-refractivity contribution >= 4 is 34.0 Å². The molecule has 0 saturated heterocycles. The molecule has 1 aromatic carbocycles. The SMILES string of the molecule is CCn1nc(C(=O)NNC(=S)N[C@@H]2CCCC[C@H]2C)c2ccccc2c1=O. The minimum absolute atomic E-state index is 0.188. The average Bonchev–Trinajstić information content (AvgIpc) is 2.68. The second-order valence-electron chi connectivity index (χ2n) is 6.94. The monoisotopic (exact) mass is 387 g/mol. The van der Waals surface area contributed by atoms with Gasteiger partial charge in [-0.1, -0.05) is 38.0 Å². The average molecular weight is 388 g/mol.